The van der Waals surface area contributed by atoms with Gasteiger partial charge in [-0.15, -0.1) is 0 Å². The largest absolute Gasteiger partial charge is 0.493 e. The standard InChI is InChI=1S/C14H19F2NO3/c1-9(2)17-13(14(18)19-3)4-5-20-12-7-10(15)6-11(16)8-12/h6-9,13,17H,4-5H2,1-3H3. The number of nitrogens with one attached hydrogen (secondary N) is 1. The second-order valence-corrected chi connectivity index (χ2v) is 4.64. The average Bonchev–Trinajstić information content (AvgIpc) is 2.35. The van der Waals surface area contributed by atoms with Gasteiger partial charge in [-0.25, -0.2) is 8.78 Å². The van der Waals surface area contributed by atoms with Crippen molar-refractivity contribution in [2.45, 2.75) is 32.4 Å². The first kappa shape index (κ1) is 16.4. The van der Waals surface area contributed by atoms with Gasteiger partial charge in [0, 0.05) is 30.7 Å². The molecule has 0 aromatic heterocycles. The number of carbonyl (C=O) groups excluding carboxylic acids is 1. The highest BCUT2D eigenvalue weighted by atomic mass is 19.1. The number of methoxy groups -OCH3 is 1. The van der Waals surface area contributed by atoms with Crippen LogP contribution in [0.25, 0.3) is 0 Å². The summed E-state index contributed by atoms with van der Waals surface area (Å²) >= 11 is 0. The number of rotatable bonds is 7. The first-order valence-electron chi connectivity index (χ1n) is 6.35. The summed E-state index contributed by atoms with van der Waals surface area (Å²) in [6, 6.07) is 2.53. The molecule has 0 amide bonds. The van der Waals surface area contributed by atoms with Gasteiger partial charge >= 0.3 is 5.97 Å². The molecule has 6 heteroatoms. The third-order valence-electron chi connectivity index (χ3n) is 2.53. The Morgan fingerprint density at radius 2 is 1.85 bits per heavy atom. The number of ether oxygens (including phenoxy) is 2. The van der Waals surface area contributed by atoms with Crippen LogP contribution in [0, 0.1) is 11.6 Å². The van der Waals surface area contributed by atoms with Crippen LogP contribution in [0.4, 0.5) is 8.78 Å². The van der Waals surface area contributed by atoms with Crippen molar-refractivity contribution in [1.29, 1.82) is 0 Å². The first-order valence-corrected chi connectivity index (χ1v) is 6.35. The van der Waals surface area contributed by atoms with Crippen molar-refractivity contribution in [3.8, 4) is 5.75 Å². The highest BCUT2D eigenvalue weighted by Gasteiger charge is 2.19. The summed E-state index contributed by atoms with van der Waals surface area (Å²) in [4.78, 5) is 11.5. The van der Waals surface area contributed by atoms with Crippen LogP contribution in [0.2, 0.25) is 0 Å². The van der Waals surface area contributed by atoms with Crippen LogP contribution in [-0.2, 0) is 9.53 Å². The molecule has 0 bridgehead atoms. The molecule has 1 aromatic rings. The molecular weight excluding hydrogens is 268 g/mol. The van der Waals surface area contributed by atoms with Crippen molar-refractivity contribution in [3.05, 3.63) is 29.8 Å². The van der Waals surface area contributed by atoms with E-state index in [-0.39, 0.29) is 18.4 Å². The molecule has 1 unspecified atom stereocenters. The van der Waals surface area contributed by atoms with E-state index in [1.165, 1.54) is 7.11 Å². The predicted octanol–water partition coefficient (Wildman–Crippen LogP) is 2.27. The van der Waals surface area contributed by atoms with Crippen molar-refractivity contribution in [3.63, 3.8) is 0 Å². The normalized spacial score (nSPS) is 12.3. The van der Waals surface area contributed by atoms with E-state index in [1.807, 2.05) is 13.8 Å². The second kappa shape index (κ2) is 7.79. The minimum atomic E-state index is -0.704. The summed E-state index contributed by atoms with van der Waals surface area (Å²) in [5.74, 6) is -1.71. The van der Waals surface area contributed by atoms with Crippen LogP contribution < -0.4 is 10.1 Å². The fourth-order valence-electron chi connectivity index (χ4n) is 1.72. The Bertz CT molecular complexity index is 432. The van der Waals surface area contributed by atoms with Crippen molar-refractivity contribution < 1.29 is 23.0 Å². The van der Waals surface area contributed by atoms with E-state index in [1.54, 1.807) is 0 Å². The summed E-state index contributed by atoms with van der Waals surface area (Å²) in [5, 5.41) is 3.04. The zero-order valence-electron chi connectivity index (χ0n) is 11.8. The van der Waals surface area contributed by atoms with Gasteiger partial charge in [0.15, 0.2) is 0 Å². The minimum absolute atomic E-state index is 0.0932. The van der Waals surface area contributed by atoms with E-state index in [9.17, 15) is 13.6 Å². The van der Waals surface area contributed by atoms with Crippen molar-refractivity contribution >= 4 is 5.97 Å². The molecule has 1 N–H and O–H groups in total. The minimum Gasteiger partial charge on any atom is -0.493 e. The summed E-state index contributed by atoms with van der Waals surface area (Å²) in [6.07, 6.45) is 0.336. The predicted molar refractivity (Wildman–Crippen MR) is 70.5 cm³/mol. The Labute approximate surface area is 117 Å². The lowest BCUT2D eigenvalue weighted by Crippen LogP contribution is -2.42. The summed E-state index contributed by atoms with van der Waals surface area (Å²) < 4.78 is 35.8. The summed E-state index contributed by atoms with van der Waals surface area (Å²) in [6.45, 7) is 3.94. The molecule has 0 radical (unpaired) electrons. The molecule has 0 heterocycles. The number of hydrogen-bond donors (Lipinski definition) is 1. The Kier molecular flexibility index (Phi) is 6.38. The van der Waals surface area contributed by atoms with E-state index in [0.29, 0.717) is 6.42 Å². The van der Waals surface area contributed by atoms with Crippen LogP contribution in [0.3, 0.4) is 0 Å². The quantitative estimate of drug-likeness (QED) is 0.782. The molecular formula is C14H19F2NO3. The fourth-order valence-corrected chi connectivity index (χ4v) is 1.72. The topological polar surface area (TPSA) is 47.6 Å². The molecule has 1 atom stereocenters. The van der Waals surface area contributed by atoms with E-state index < -0.39 is 23.6 Å². The molecule has 0 saturated carbocycles. The number of esters is 1. The Morgan fingerprint density at radius 1 is 1.25 bits per heavy atom. The van der Waals surface area contributed by atoms with Gasteiger partial charge in [0.1, 0.15) is 23.4 Å². The zero-order valence-corrected chi connectivity index (χ0v) is 11.8. The van der Waals surface area contributed by atoms with Gasteiger partial charge in [0.2, 0.25) is 0 Å². The lowest BCUT2D eigenvalue weighted by Gasteiger charge is -2.19. The van der Waals surface area contributed by atoms with Crippen LogP contribution in [-0.4, -0.2) is 31.8 Å². The van der Waals surface area contributed by atoms with Gasteiger partial charge in [-0.05, 0) is 0 Å². The number of carbonyl (C=O) groups is 1. The summed E-state index contributed by atoms with van der Waals surface area (Å²) in [7, 11) is 1.31. The SMILES string of the molecule is COC(=O)C(CCOc1cc(F)cc(F)c1)NC(C)C. The summed E-state index contributed by atoms with van der Waals surface area (Å²) in [5.41, 5.74) is 0. The maximum Gasteiger partial charge on any atom is 0.322 e. The van der Waals surface area contributed by atoms with E-state index in [0.717, 1.165) is 18.2 Å². The molecule has 0 spiro atoms. The number of benzene rings is 1. The molecule has 112 valence electrons. The van der Waals surface area contributed by atoms with E-state index in [4.69, 9.17) is 4.74 Å². The zero-order chi connectivity index (χ0) is 15.1. The Balaban J connectivity index is 2.53. The van der Waals surface area contributed by atoms with Crippen LogP contribution in [0.5, 0.6) is 5.75 Å². The monoisotopic (exact) mass is 287 g/mol. The highest BCUT2D eigenvalue weighted by Crippen LogP contribution is 2.15. The van der Waals surface area contributed by atoms with Crippen LogP contribution in [0.15, 0.2) is 18.2 Å². The van der Waals surface area contributed by atoms with Gasteiger partial charge in [-0.2, -0.15) is 0 Å². The van der Waals surface area contributed by atoms with Crippen LogP contribution in [0.1, 0.15) is 20.3 Å². The fraction of sp³-hybridized carbons (Fsp3) is 0.500. The average molecular weight is 287 g/mol. The molecule has 0 aliphatic rings. The Hall–Kier alpha value is -1.69. The molecule has 20 heavy (non-hydrogen) atoms. The highest BCUT2D eigenvalue weighted by molar-refractivity contribution is 5.75. The van der Waals surface area contributed by atoms with Crippen molar-refractivity contribution in [1.82, 2.24) is 5.32 Å². The molecule has 1 rings (SSSR count). The molecule has 0 aliphatic carbocycles. The Morgan fingerprint density at radius 3 is 2.35 bits per heavy atom. The maximum atomic E-state index is 13.0. The van der Waals surface area contributed by atoms with Crippen LogP contribution >= 0.6 is 0 Å². The van der Waals surface area contributed by atoms with Gasteiger partial charge in [0.05, 0.1) is 13.7 Å². The lowest BCUT2D eigenvalue weighted by molar-refractivity contribution is -0.143. The van der Waals surface area contributed by atoms with Gasteiger partial charge in [-0.1, -0.05) is 13.8 Å². The van der Waals surface area contributed by atoms with Gasteiger partial charge < -0.3 is 14.8 Å². The second-order valence-electron chi connectivity index (χ2n) is 4.64. The number of halogens is 2. The molecule has 4 nitrogen and oxygen atoms in total. The third-order valence-corrected chi connectivity index (χ3v) is 2.53. The first-order chi connectivity index (χ1) is 9.42. The number of hydrogen-bond acceptors (Lipinski definition) is 4. The van der Waals surface area contributed by atoms with Gasteiger partial charge in [-0.3, -0.25) is 4.79 Å². The molecule has 0 saturated heterocycles. The smallest absolute Gasteiger partial charge is 0.322 e. The van der Waals surface area contributed by atoms with Gasteiger partial charge in [0.25, 0.3) is 0 Å². The molecule has 0 aliphatic heterocycles. The lowest BCUT2D eigenvalue weighted by atomic mass is 10.2. The van der Waals surface area contributed by atoms with E-state index >= 15 is 0 Å². The molecule has 0 fully saturated rings. The van der Waals surface area contributed by atoms with Crippen molar-refractivity contribution in [2.75, 3.05) is 13.7 Å². The molecule has 1 aromatic carbocycles. The van der Waals surface area contributed by atoms with Crippen molar-refractivity contribution in [2.24, 2.45) is 0 Å². The van der Waals surface area contributed by atoms with E-state index in [2.05, 4.69) is 10.1 Å². The maximum absolute atomic E-state index is 13.0. The third kappa shape index (κ3) is 5.52.